The van der Waals surface area contributed by atoms with Crippen LogP contribution in [0, 0.1) is 0 Å². The summed E-state index contributed by atoms with van der Waals surface area (Å²) in [5.74, 6) is 0.139. The van der Waals surface area contributed by atoms with Crippen molar-refractivity contribution in [1.82, 2.24) is 9.97 Å². The van der Waals surface area contributed by atoms with Crippen molar-refractivity contribution < 1.29 is 4.79 Å². The van der Waals surface area contributed by atoms with Crippen molar-refractivity contribution in [2.75, 3.05) is 10.6 Å². The quantitative estimate of drug-likeness (QED) is 0.323. The van der Waals surface area contributed by atoms with Crippen LogP contribution < -0.4 is 10.6 Å². The summed E-state index contributed by atoms with van der Waals surface area (Å²) in [6, 6.07) is 8.16. The first-order valence-electron chi connectivity index (χ1n) is 8.79. The lowest BCUT2D eigenvalue weighted by molar-refractivity contribution is 0.102. The minimum absolute atomic E-state index is 0.235. The molecule has 0 saturated carbocycles. The monoisotopic (exact) mass is 500 g/mol. The fourth-order valence-corrected chi connectivity index (χ4v) is 4.14. The van der Waals surface area contributed by atoms with E-state index >= 15 is 0 Å². The highest BCUT2D eigenvalue weighted by atomic mass is 35.5. The van der Waals surface area contributed by atoms with Crippen LogP contribution in [0.4, 0.5) is 11.6 Å². The molecule has 0 bridgehead atoms. The Balaban J connectivity index is 1.56. The van der Waals surface area contributed by atoms with Crippen LogP contribution in [-0.4, -0.2) is 15.9 Å². The SMILES string of the molecule is O=C(Nc1cc(Cl)c(Cl)c(Cl)c1)c1ccc2nc(NC3=C(Cl)CCC=C3Cl)[nH]c2c1. The molecule has 154 valence electrons. The molecule has 0 saturated heterocycles. The van der Waals surface area contributed by atoms with Gasteiger partial charge in [0, 0.05) is 16.3 Å². The summed E-state index contributed by atoms with van der Waals surface area (Å²) >= 11 is 30.5. The van der Waals surface area contributed by atoms with Gasteiger partial charge >= 0.3 is 0 Å². The molecule has 30 heavy (non-hydrogen) atoms. The number of benzene rings is 2. The molecule has 0 aliphatic heterocycles. The molecule has 1 heterocycles. The van der Waals surface area contributed by atoms with Crippen molar-refractivity contribution in [3.8, 4) is 0 Å². The highest BCUT2D eigenvalue weighted by Crippen LogP contribution is 2.34. The Morgan fingerprint density at radius 2 is 1.77 bits per heavy atom. The molecule has 1 aliphatic rings. The van der Waals surface area contributed by atoms with Gasteiger partial charge in [-0.05, 0) is 43.2 Å². The maximum atomic E-state index is 12.6. The minimum Gasteiger partial charge on any atom is -0.324 e. The van der Waals surface area contributed by atoms with Crippen LogP contribution >= 0.6 is 58.0 Å². The van der Waals surface area contributed by atoms with Gasteiger partial charge in [0.2, 0.25) is 5.95 Å². The number of H-pyrrole nitrogens is 1. The molecule has 2 aromatic carbocycles. The van der Waals surface area contributed by atoms with E-state index in [-0.39, 0.29) is 21.0 Å². The van der Waals surface area contributed by atoms with Crippen LogP contribution in [0.2, 0.25) is 15.1 Å². The maximum Gasteiger partial charge on any atom is 0.255 e. The first kappa shape index (κ1) is 21.3. The van der Waals surface area contributed by atoms with E-state index in [1.165, 1.54) is 12.1 Å². The van der Waals surface area contributed by atoms with E-state index in [0.29, 0.717) is 50.4 Å². The Morgan fingerprint density at radius 1 is 1.03 bits per heavy atom. The second kappa shape index (κ2) is 8.69. The van der Waals surface area contributed by atoms with Crippen LogP contribution in [0.25, 0.3) is 11.0 Å². The van der Waals surface area contributed by atoms with Crippen LogP contribution in [0.5, 0.6) is 0 Å². The van der Waals surface area contributed by atoms with Crippen molar-refractivity contribution in [2.45, 2.75) is 12.8 Å². The van der Waals surface area contributed by atoms with Crippen LogP contribution in [0.15, 0.2) is 52.2 Å². The second-order valence-corrected chi connectivity index (χ2v) is 8.58. The molecule has 0 radical (unpaired) electrons. The number of carbonyl (C=O) groups excluding carboxylic acids is 1. The van der Waals surface area contributed by atoms with Crippen LogP contribution in [0.3, 0.4) is 0 Å². The summed E-state index contributed by atoms with van der Waals surface area (Å²) in [7, 11) is 0. The number of halogens is 5. The van der Waals surface area contributed by atoms with Crippen LogP contribution in [-0.2, 0) is 0 Å². The third-order valence-electron chi connectivity index (χ3n) is 4.43. The molecule has 1 aliphatic carbocycles. The Hall–Kier alpha value is -1.89. The predicted molar refractivity (Wildman–Crippen MR) is 125 cm³/mol. The minimum atomic E-state index is -0.334. The number of nitrogens with one attached hydrogen (secondary N) is 3. The number of hydrogen-bond acceptors (Lipinski definition) is 3. The summed E-state index contributed by atoms with van der Waals surface area (Å²) in [6.45, 7) is 0. The van der Waals surface area contributed by atoms with Gasteiger partial charge in [-0.2, -0.15) is 0 Å². The summed E-state index contributed by atoms with van der Waals surface area (Å²) in [6.07, 6.45) is 3.41. The molecule has 0 atom stereocenters. The average Bonchev–Trinajstić information content (AvgIpc) is 3.10. The van der Waals surface area contributed by atoms with Crippen molar-refractivity contribution in [3.05, 3.63) is 72.8 Å². The van der Waals surface area contributed by atoms with Crippen molar-refractivity contribution >= 4 is 86.6 Å². The van der Waals surface area contributed by atoms with Gasteiger partial charge < -0.3 is 15.6 Å². The predicted octanol–water partition coefficient (Wildman–Crippen LogP) is 7.55. The van der Waals surface area contributed by atoms with E-state index in [0.717, 1.165) is 6.42 Å². The number of allylic oxidation sites excluding steroid dienone is 3. The third-order valence-corrected chi connectivity index (χ3v) is 6.34. The summed E-state index contributed by atoms with van der Waals surface area (Å²) < 4.78 is 0. The van der Waals surface area contributed by atoms with E-state index in [9.17, 15) is 4.79 Å². The first-order valence-corrected chi connectivity index (χ1v) is 10.7. The average molecular weight is 503 g/mol. The summed E-state index contributed by atoms with van der Waals surface area (Å²) in [4.78, 5) is 20.2. The Morgan fingerprint density at radius 3 is 2.47 bits per heavy atom. The first-order chi connectivity index (χ1) is 14.3. The zero-order chi connectivity index (χ0) is 21.4. The number of imidazole rings is 1. The van der Waals surface area contributed by atoms with Crippen molar-refractivity contribution in [1.29, 1.82) is 0 Å². The lowest BCUT2D eigenvalue weighted by atomic mass is 10.1. The molecule has 0 spiro atoms. The standard InChI is InChI=1S/C20H13Cl5N4O/c21-11-2-1-3-12(22)18(11)29-20-27-15-5-4-9(6-16(15)28-20)19(30)26-10-7-13(23)17(25)14(24)8-10/h2,4-8H,1,3H2,(H,26,30)(H2,27,28,29). The molecule has 3 N–H and O–H groups in total. The largest absolute Gasteiger partial charge is 0.324 e. The van der Waals surface area contributed by atoms with E-state index in [1.54, 1.807) is 18.2 Å². The number of aromatic nitrogens is 2. The number of aromatic amines is 1. The Labute approximate surface area is 197 Å². The van der Waals surface area contributed by atoms with Gasteiger partial charge in [-0.1, -0.05) is 64.1 Å². The molecule has 5 nitrogen and oxygen atoms in total. The molecular formula is C20H13Cl5N4O. The van der Waals surface area contributed by atoms with Gasteiger partial charge in [0.1, 0.15) is 0 Å². The van der Waals surface area contributed by atoms with Gasteiger partial charge in [-0.15, -0.1) is 0 Å². The lowest BCUT2D eigenvalue weighted by Crippen LogP contribution is -2.11. The highest BCUT2D eigenvalue weighted by Gasteiger charge is 2.16. The summed E-state index contributed by atoms with van der Waals surface area (Å²) in [5, 5.41) is 7.79. The fourth-order valence-electron chi connectivity index (χ4n) is 2.97. The topological polar surface area (TPSA) is 69.8 Å². The number of hydrogen-bond donors (Lipinski definition) is 3. The summed E-state index contributed by atoms with van der Waals surface area (Å²) in [5.41, 5.74) is 2.84. The van der Waals surface area contributed by atoms with Gasteiger partial charge in [-0.3, -0.25) is 4.79 Å². The van der Waals surface area contributed by atoms with E-state index in [4.69, 9.17) is 58.0 Å². The zero-order valence-electron chi connectivity index (χ0n) is 15.1. The van der Waals surface area contributed by atoms with Crippen molar-refractivity contribution in [3.63, 3.8) is 0 Å². The maximum absolute atomic E-state index is 12.6. The van der Waals surface area contributed by atoms with E-state index in [1.807, 2.05) is 6.08 Å². The van der Waals surface area contributed by atoms with Gasteiger partial charge in [0.05, 0.1) is 36.8 Å². The van der Waals surface area contributed by atoms with E-state index < -0.39 is 0 Å². The number of amides is 1. The van der Waals surface area contributed by atoms with E-state index in [2.05, 4.69) is 20.6 Å². The third kappa shape index (κ3) is 4.41. The molecule has 4 rings (SSSR count). The van der Waals surface area contributed by atoms with Crippen molar-refractivity contribution in [2.24, 2.45) is 0 Å². The molecule has 0 fully saturated rings. The van der Waals surface area contributed by atoms with Gasteiger partial charge in [-0.25, -0.2) is 4.98 Å². The molecule has 0 unspecified atom stereocenters. The molecule has 1 aromatic heterocycles. The number of nitrogens with zero attached hydrogens (tertiary/aromatic N) is 1. The lowest BCUT2D eigenvalue weighted by Gasteiger charge is -2.14. The second-order valence-electron chi connectivity index (χ2n) is 6.52. The Kier molecular flexibility index (Phi) is 6.19. The zero-order valence-corrected chi connectivity index (χ0v) is 18.9. The molecule has 1 amide bonds. The smallest absolute Gasteiger partial charge is 0.255 e. The molecule has 10 heteroatoms. The normalized spacial score (nSPS) is 14.1. The number of rotatable bonds is 4. The molecular weight excluding hydrogens is 490 g/mol. The van der Waals surface area contributed by atoms with Gasteiger partial charge in [0.15, 0.2) is 0 Å². The number of anilines is 2. The molecule has 3 aromatic rings. The highest BCUT2D eigenvalue weighted by molar-refractivity contribution is 6.48. The van der Waals surface area contributed by atoms with Gasteiger partial charge in [0.25, 0.3) is 5.91 Å². The number of carbonyl (C=O) groups is 1. The number of fused-ring (bicyclic) bond motifs is 1. The Bertz CT molecular complexity index is 1210. The fraction of sp³-hybridized carbons (Fsp3) is 0.100. The van der Waals surface area contributed by atoms with Crippen LogP contribution in [0.1, 0.15) is 23.2 Å².